The zero-order chi connectivity index (χ0) is 9.73. The van der Waals surface area contributed by atoms with E-state index in [2.05, 4.69) is 35.8 Å². The fraction of sp³-hybridized carbons (Fsp3) is 0.667. The molecule has 0 aliphatic heterocycles. The van der Waals surface area contributed by atoms with E-state index < -0.39 is 0 Å². The molecule has 0 saturated heterocycles. The summed E-state index contributed by atoms with van der Waals surface area (Å²) in [6, 6.07) is 0. The second kappa shape index (κ2) is 4.98. The van der Waals surface area contributed by atoms with Crippen molar-refractivity contribution in [3.05, 3.63) is 16.6 Å². The van der Waals surface area contributed by atoms with Crippen LogP contribution in [0.2, 0.25) is 0 Å². The van der Waals surface area contributed by atoms with Gasteiger partial charge in [0, 0.05) is 23.2 Å². The first kappa shape index (κ1) is 11.0. The van der Waals surface area contributed by atoms with Crippen LogP contribution in [0.5, 0.6) is 0 Å². The molecule has 4 heteroatoms. The number of thiazole rings is 1. The highest BCUT2D eigenvalue weighted by Crippen LogP contribution is 2.19. The first-order valence-electron chi connectivity index (χ1n) is 4.27. The van der Waals surface area contributed by atoms with Crippen LogP contribution in [-0.2, 0) is 6.54 Å². The predicted octanol–water partition coefficient (Wildman–Crippen LogP) is 2.37. The van der Waals surface area contributed by atoms with Gasteiger partial charge in [-0.2, -0.15) is 11.8 Å². The van der Waals surface area contributed by atoms with Crippen molar-refractivity contribution in [3.63, 3.8) is 0 Å². The molecular formula is C9H16N2S2. The number of rotatable bonds is 5. The van der Waals surface area contributed by atoms with Gasteiger partial charge in [0.1, 0.15) is 0 Å². The standard InChI is InChI=1S/C9H16N2S2/c1-9(2,12-3)6-10-4-8-5-13-7-11-8/h5,7,10H,4,6H2,1-3H3. The summed E-state index contributed by atoms with van der Waals surface area (Å²) >= 11 is 3.53. The minimum Gasteiger partial charge on any atom is -0.310 e. The summed E-state index contributed by atoms with van der Waals surface area (Å²) in [6.07, 6.45) is 2.14. The molecule has 1 aromatic rings. The average molecular weight is 216 g/mol. The normalized spacial score (nSPS) is 11.9. The van der Waals surface area contributed by atoms with Crippen molar-refractivity contribution >= 4 is 23.1 Å². The van der Waals surface area contributed by atoms with Crippen molar-refractivity contribution < 1.29 is 0 Å². The molecule has 0 spiro atoms. The largest absolute Gasteiger partial charge is 0.310 e. The van der Waals surface area contributed by atoms with Crippen LogP contribution in [0.4, 0.5) is 0 Å². The lowest BCUT2D eigenvalue weighted by Gasteiger charge is -2.21. The quantitative estimate of drug-likeness (QED) is 0.818. The van der Waals surface area contributed by atoms with Gasteiger partial charge in [-0.3, -0.25) is 0 Å². The average Bonchev–Trinajstić information content (AvgIpc) is 2.57. The molecule has 1 N–H and O–H groups in total. The van der Waals surface area contributed by atoms with E-state index >= 15 is 0 Å². The van der Waals surface area contributed by atoms with Crippen molar-refractivity contribution in [1.29, 1.82) is 0 Å². The molecular weight excluding hydrogens is 200 g/mol. The Morgan fingerprint density at radius 2 is 2.38 bits per heavy atom. The summed E-state index contributed by atoms with van der Waals surface area (Å²) < 4.78 is 0.315. The fourth-order valence-corrected chi connectivity index (χ4v) is 1.69. The molecule has 0 radical (unpaired) electrons. The number of aromatic nitrogens is 1. The van der Waals surface area contributed by atoms with Crippen LogP contribution >= 0.6 is 23.1 Å². The molecule has 0 aliphatic rings. The highest BCUT2D eigenvalue weighted by Gasteiger charge is 2.14. The third kappa shape index (κ3) is 4.11. The molecule has 1 rings (SSSR count). The summed E-state index contributed by atoms with van der Waals surface area (Å²) in [5.41, 5.74) is 3.01. The molecule has 0 unspecified atom stereocenters. The number of hydrogen-bond donors (Lipinski definition) is 1. The molecule has 0 bridgehead atoms. The van der Waals surface area contributed by atoms with Gasteiger partial charge in [0.25, 0.3) is 0 Å². The topological polar surface area (TPSA) is 24.9 Å². The predicted molar refractivity (Wildman–Crippen MR) is 61.4 cm³/mol. The zero-order valence-corrected chi connectivity index (χ0v) is 9.97. The summed E-state index contributed by atoms with van der Waals surface area (Å²) in [5.74, 6) is 0. The molecule has 1 aromatic heterocycles. The lowest BCUT2D eigenvalue weighted by atomic mass is 10.2. The van der Waals surface area contributed by atoms with Gasteiger partial charge in [-0.25, -0.2) is 4.98 Å². The Kier molecular flexibility index (Phi) is 4.22. The maximum absolute atomic E-state index is 4.21. The summed E-state index contributed by atoms with van der Waals surface area (Å²) in [5, 5.41) is 5.48. The van der Waals surface area contributed by atoms with E-state index in [1.54, 1.807) is 11.3 Å². The Hall–Kier alpha value is -0.0600. The van der Waals surface area contributed by atoms with Crippen molar-refractivity contribution in [2.45, 2.75) is 25.1 Å². The Labute approximate surface area is 88.2 Å². The van der Waals surface area contributed by atoms with Gasteiger partial charge in [0.15, 0.2) is 0 Å². The third-order valence-corrected chi connectivity index (χ3v) is 3.78. The monoisotopic (exact) mass is 216 g/mol. The smallest absolute Gasteiger partial charge is 0.0795 e. The molecule has 0 atom stereocenters. The van der Waals surface area contributed by atoms with E-state index in [0.29, 0.717) is 4.75 Å². The van der Waals surface area contributed by atoms with Gasteiger partial charge in [-0.1, -0.05) is 0 Å². The first-order chi connectivity index (χ1) is 6.14. The molecule has 0 amide bonds. The van der Waals surface area contributed by atoms with Gasteiger partial charge in [-0.15, -0.1) is 11.3 Å². The second-order valence-corrected chi connectivity index (χ2v) is 5.78. The number of nitrogens with one attached hydrogen (secondary N) is 1. The molecule has 13 heavy (non-hydrogen) atoms. The highest BCUT2D eigenvalue weighted by atomic mass is 32.2. The Morgan fingerprint density at radius 1 is 1.62 bits per heavy atom. The van der Waals surface area contributed by atoms with Gasteiger partial charge in [0.2, 0.25) is 0 Å². The van der Waals surface area contributed by atoms with Crippen LogP contribution in [-0.4, -0.2) is 22.5 Å². The Balaban J connectivity index is 2.21. The van der Waals surface area contributed by atoms with Crippen LogP contribution in [0.15, 0.2) is 10.9 Å². The lowest BCUT2D eigenvalue weighted by Crippen LogP contribution is -2.31. The number of hydrogen-bond acceptors (Lipinski definition) is 4. The zero-order valence-electron chi connectivity index (χ0n) is 8.33. The Bertz CT molecular complexity index is 232. The van der Waals surface area contributed by atoms with E-state index in [1.165, 1.54) is 0 Å². The van der Waals surface area contributed by atoms with Crippen LogP contribution in [0.3, 0.4) is 0 Å². The molecule has 0 fully saturated rings. The van der Waals surface area contributed by atoms with Gasteiger partial charge in [0.05, 0.1) is 11.2 Å². The maximum Gasteiger partial charge on any atom is 0.0795 e. The van der Waals surface area contributed by atoms with Crippen molar-refractivity contribution in [3.8, 4) is 0 Å². The number of nitrogens with zero attached hydrogens (tertiary/aromatic N) is 1. The van der Waals surface area contributed by atoms with E-state index in [0.717, 1.165) is 18.8 Å². The second-order valence-electron chi connectivity index (χ2n) is 3.55. The fourth-order valence-electron chi connectivity index (χ4n) is 0.889. The lowest BCUT2D eigenvalue weighted by molar-refractivity contribution is 0.586. The van der Waals surface area contributed by atoms with Crippen molar-refractivity contribution in [1.82, 2.24) is 10.3 Å². The van der Waals surface area contributed by atoms with E-state index in [-0.39, 0.29) is 0 Å². The van der Waals surface area contributed by atoms with Crippen LogP contribution in [0, 0.1) is 0 Å². The molecule has 0 aromatic carbocycles. The van der Waals surface area contributed by atoms with E-state index in [9.17, 15) is 0 Å². The highest BCUT2D eigenvalue weighted by molar-refractivity contribution is 7.99. The summed E-state index contributed by atoms with van der Waals surface area (Å²) in [4.78, 5) is 4.21. The van der Waals surface area contributed by atoms with E-state index in [1.807, 2.05) is 17.3 Å². The molecule has 1 heterocycles. The van der Waals surface area contributed by atoms with Gasteiger partial charge >= 0.3 is 0 Å². The molecule has 0 saturated carbocycles. The molecule has 2 nitrogen and oxygen atoms in total. The molecule has 0 aliphatic carbocycles. The number of thioether (sulfide) groups is 1. The van der Waals surface area contributed by atoms with Crippen LogP contribution < -0.4 is 5.32 Å². The summed E-state index contributed by atoms with van der Waals surface area (Å²) in [7, 11) is 0. The summed E-state index contributed by atoms with van der Waals surface area (Å²) in [6.45, 7) is 6.39. The SMILES string of the molecule is CSC(C)(C)CNCc1cscn1. The van der Waals surface area contributed by atoms with Crippen LogP contribution in [0.25, 0.3) is 0 Å². The Morgan fingerprint density at radius 3 is 2.92 bits per heavy atom. The minimum atomic E-state index is 0.315. The first-order valence-corrected chi connectivity index (χ1v) is 6.44. The maximum atomic E-state index is 4.21. The van der Waals surface area contributed by atoms with E-state index in [4.69, 9.17) is 0 Å². The van der Waals surface area contributed by atoms with Crippen molar-refractivity contribution in [2.24, 2.45) is 0 Å². The van der Waals surface area contributed by atoms with Gasteiger partial charge < -0.3 is 5.32 Å². The minimum absolute atomic E-state index is 0.315. The molecule has 74 valence electrons. The van der Waals surface area contributed by atoms with Crippen LogP contribution in [0.1, 0.15) is 19.5 Å². The third-order valence-electron chi connectivity index (χ3n) is 1.89. The van der Waals surface area contributed by atoms with Gasteiger partial charge in [-0.05, 0) is 20.1 Å². The van der Waals surface area contributed by atoms with Crippen molar-refractivity contribution in [2.75, 3.05) is 12.8 Å².